The van der Waals surface area contributed by atoms with Crippen molar-refractivity contribution in [1.82, 2.24) is 10.3 Å². The molecule has 114 valence electrons. The van der Waals surface area contributed by atoms with E-state index in [0.717, 1.165) is 22.2 Å². The normalized spacial score (nSPS) is 21.2. The highest BCUT2D eigenvalue weighted by atomic mass is 32.2. The Bertz CT molecular complexity index is 533. The average molecular weight is 319 g/mol. The van der Waals surface area contributed by atoms with Crippen LogP contribution in [0.2, 0.25) is 0 Å². The molecule has 1 saturated heterocycles. The minimum absolute atomic E-state index is 0.0315. The fourth-order valence-corrected chi connectivity index (χ4v) is 5.19. The third kappa shape index (κ3) is 3.49. The molecule has 1 unspecified atom stereocenters. The fourth-order valence-electron chi connectivity index (χ4n) is 2.31. The van der Waals surface area contributed by atoms with E-state index in [9.17, 15) is 8.42 Å². The number of hydrogen-bond donors (Lipinski definition) is 1. The van der Waals surface area contributed by atoms with Gasteiger partial charge in [0.2, 0.25) is 0 Å². The largest absolute Gasteiger partial charge is 0.378 e. The van der Waals surface area contributed by atoms with Crippen LogP contribution in [0.5, 0.6) is 0 Å². The van der Waals surface area contributed by atoms with Gasteiger partial charge in [0.25, 0.3) is 0 Å². The highest BCUT2D eigenvalue weighted by Gasteiger charge is 2.32. The van der Waals surface area contributed by atoms with Crippen LogP contribution < -0.4 is 10.2 Å². The van der Waals surface area contributed by atoms with Crippen molar-refractivity contribution in [2.45, 2.75) is 25.6 Å². The van der Waals surface area contributed by atoms with Gasteiger partial charge in [-0.05, 0) is 13.5 Å². The second-order valence-corrected chi connectivity index (χ2v) is 8.29. The molecule has 1 atom stereocenters. The first-order valence-electron chi connectivity index (χ1n) is 6.52. The molecule has 1 aliphatic heterocycles. The number of hydrogen-bond acceptors (Lipinski definition) is 7. The summed E-state index contributed by atoms with van der Waals surface area (Å²) >= 11 is 1.60. The van der Waals surface area contributed by atoms with Gasteiger partial charge >= 0.3 is 0 Å². The zero-order valence-electron chi connectivity index (χ0n) is 12.0. The van der Waals surface area contributed by atoms with E-state index in [1.54, 1.807) is 18.4 Å². The lowest BCUT2D eigenvalue weighted by atomic mass is 10.2. The molecule has 0 aliphatic carbocycles. The van der Waals surface area contributed by atoms with E-state index in [2.05, 4.69) is 10.3 Å². The van der Waals surface area contributed by atoms with Crippen molar-refractivity contribution in [3.63, 3.8) is 0 Å². The van der Waals surface area contributed by atoms with Crippen LogP contribution in [0.4, 0.5) is 5.13 Å². The van der Waals surface area contributed by atoms with Crippen molar-refractivity contribution < 1.29 is 13.2 Å². The van der Waals surface area contributed by atoms with Crippen LogP contribution in [-0.4, -0.2) is 52.2 Å². The van der Waals surface area contributed by atoms with Crippen LogP contribution in [0.25, 0.3) is 0 Å². The molecule has 1 N–H and O–H groups in total. The number of nitrogens with one attached hydrogen (secondary N) is 1. The van der Waals surface area contributed by atoms with Gasteiger partial charge in [-0.3, -0.25) is 0 Å². The molecule has 20 heavy (non-hydrogen) atoms. The molecule has 0 radical (unpaired) electrons. The maximum atomic E-state index is 11.6. The third-order valence-corrected chi connectivity index (χ3v) is 6.38. The van der Waals surface area contributed by atoms with Gasteiger partial charge in [-0.15, -0.1) is 11.3 Å². The SMILES string of the molecule is CNCc1sc(N(C)C2CCS(=O)(=O)C2)nc1COC. The smallest absolute Gasteiger partial charge is 0.185 e. The monoisotopic (exact) mass is 319 g/mol. The number of thiazole rings is 1. The second kappa shape index (κ2) is 6.38. The molecular formula is C12H21N3O3S2. The second-order valence-electron chi connectivity index (χ2n) is 5.00. The molecule has 1 aliphatic rings. The highest BCUT2D eigenvalue weighted by Crippen LogP contribution is 2.30. The molecule has 6 nitrogen and oxygen atoms in total. The Morgan fingerprint density at radius 1 is 1.55 bits per heavy atom. The Kier molecular flexibility index (Phi) is 5.00. The summed E-state index contributed by atoms with van der Waals surface area (Å²) in [6.45, 7) is 1.22. The number of ether oxygens (including phenoxy) is 1. The van der Waals surface area contributed by atoms with Crippen molar-refractivity contribution >= 4 is 26.3 Å². The summed E-state index contributed by atoms with van der Waals surface area (Å²) < 4.78 is 28.3. The van der Waals surface area contributed by atoms with Crippen LogP contribution in [-0.2, 0) is 27.7 Å². The van der Waals surface area contributed by atoms with E-state index in [1.165, 1.54) is 0 Å². The first-order chi connectivity index (χ1) is 9.46. The zero-order chi connectivity index (χ0) is 14.8. The standard InChI is InChI=1S/C12H21N3O3S2/c1-13-6-11-10(7-18-3)14-12(19-11)15(2)9-4-5-20(16,17)8-9/h9,13H,4-8H2,1-3H3. The molecular weight excluding hydrogens is 298 g/mol. The molecule has 0 spiro atoms. The fraction of sp³-hybridized carbons (Fsp3) is 0.750. The zero-order valence-corrected chi connectivity index (χ0v) is 13.7. The lowest BCUT2D eigenvalue weighted by molar-refractivity contribution is 0.181. The first kappa shape index (κ1) is 15.7. The van der Waals surface area contributed by atoms with Crippen molar-refractivity contribution in [2.24, 2.45) is 0 Å². The van der Waals surface area contributed by atoms with Gasteiger partial charge in [-0.1, -0.05) is 0 Å². The lowest BCUT2D eigenvalue weighted by Gasteiger charge is -2.22. The molecule has 0 amide bonds. The maximum Gasteiger partial charge on any atom is 0.185 e. The number of aromatic nitrogens is 1. The van der Waals surface area contributed by atoms with E-state index in [0.29, 0.717) is 13.0 Å². The van der Waals surface area contributed by atoms with Crippen LogP contribution in [0.15, 0.2) is 0 Å². The quantitative estimate of drug-likeness (QED) is 0.829. The molecule has 0 bridgehead atoms. The van der Waals surface area contributed by atoms with Crippen LogP contribution in [0.1, 0.15) is 17.0 Å². The maximum absolute atomic E-state index is 11.6. The Labute approximate surface area is 124 Å². The van der Waals surface area contributed by atoms with Crippen molar-refractivity contribution in [1.29, 1.82) is 0 Å². The van der Waals surface area contributed by atoms with Gasteiger partial charge in [-0.2, -0.15) is 0 Å². The van der Waals surface area contributed by atoms with E-state index in [-0.39, 0.29) is 17.5 Å². The molecule has 0 saturated carbocycles. The van der Waals surface area contributed by atoms with Gasteiger partial charge in [-0.25, -0.2) is 13.4 Å². The van der Waals surface area contributed by atoms with Crippen LogP contribution in [0, 0.1) is 0 Å². The van der Waals surface area contributed by atoms with E-state index < -0.39 is 9.84 Å². The molecule has 0 aromatic carbocycles. The number of sulfone groups is 1. The summed E-state index contributed by atoms with van der Waals surface area (Å²) in [7, 11) is 2.59. The molecule has 2 heterocycles. The first-order valence-corrected chi connectivity index (χ1v) is 9.16. The van der Waals surface area contributed by atoms with E-state index in [1.807, 2.05) is 19.0 Å². The predicted octanol–water partition coefficient (Wildman–Crippen LogP) is 0.632. The summed E-state index contributed by atoms with van der Waals surface area (Å²) in [6.07, 6.45) is 0.680. The molecule has 1 aromatic rings. The van der Waals surface area contributed by atoms with Crippen LogP contribution in [0.3, 0.4) is 0 Å². The third-order valence-electron chi connectivity index (χ3n) is 3.44. The Hall–Kier alpha value is -0.700. The van der Waals surface area contributed by atoms with Crippen LogP contribution >= 0.6 is 11.3 Å². The minimum Gasteiger partial charge on any atom is -0.378 e. The lowest BCUT2D eigenvalue weighted by Crippen LogP contribution is -2.32. The number of nitrogens with zero attached hydrogens (tertiary/aromatic N) is 2. The summed E-state index contributed by atoms with van der Waals surface area (Å²) in [5.41, 5.74) is 0.926. The topological polar surface area (TPSA) is 71.5 Å². The van der Waals surface area contributed by atoms with Gasteiger partial charge in [0.05, 0.1) is 23.8 Å². The van der Waals surface area contributed by atoms with Crippen molar-refractivity contribution in [2.75, 3.05) is 37.6 Å². The minimum atomic E-state index is -2.87. The Morgan fingerprint density at radius 2 is 2.30 bits per heavy atom. The Morgan fingerprint density at radius 3 is 2.85 bits per heavy atom. The van der Waals surface area contributed by atoms with Gasteiger partial charge in [0.15, 0.2) is 15.0 Å². The van der Waals surface area contributed by atoms with Gasteiger partial charge in [0, 0.05) is 31.6 Å². The van der Waals surface area contributed by atoms with Gasteiger partial charge in [0.1, 0.15) is 0 Å². The highest BCUT2D eigenvalue weighted by molar-refractivity contribution is 7.91. The Balaban J connectivity index is 2.17. The summed E-state index contributed by atoms with van der Waals surface area (Å²) in [5.74, 6) is 0.506. The van der Waals surface area contributed by atoms with E-state index in [4.69, 9.17) is 4.74 Å². The summed E-state index contributed by atoms with van der Waals surface area (Å²) in [4.78, 5) is 7.73. The van der Waals surface area contributed by atoms with Crippen molar-refractivity contribution in [3.05, 3.63) is 10.6 Å². The predicted molar refractivity (Wildman–Crippen MR) is 81.1 cm³/mol. The molecule has 1 fully saturated rings. The number of rotatable bonds is 6. The molecule has 1 aromatic heterocycles. The number of anilines is 1. The average Bonchev–Trinajstić information content (AvgIpc) is 2.94. The number of methoxy groups -OCH3 is 1. The summed E-state index contributed by atoms with van der Waals surface area (Å²) in [6, 6.07) is 0.0315. The van der Waals surface area contributed by atoms with Gasteiger partial charge < -0.3 is 15.0 Å². The molecule has 8 heteroatoms. The molecule has 2 rings (SSSR count). The van der Waals surface area contributed by atoms with Crippen molar-refractivity contribution in [3.8, 4) is 0 Å². The van der Waals surface area contributed by atoms with E-state index >= 15 is 0 Å². The summed E-state index contributed by atoms with van der Waals surface area (Å²) in [5, 5.41) is 3.98.